The summed E-state index contributed by atoms with van der Waals surface area (Å²) in [7, 11) is 4.49. The molecule has 0 unspecified atom stereocenters. The first-order valence-electron chi connectivity index (χ1n) is 6.32. The van der Waals surface area contributed by atoms with E-state index < -0.39 is 0 Å². The van der Waals surface area contributed by atoms with Crippen LogP contribution in [0.1, 0.15) is 10.4 Å². The number of hydrogen-bond donors (Lipinski definition) is 1. The summed E-state index contributed by atoms with van der Waals surface area (Å²) in [5.74, 6) is 1.35. The standard InChI is InChI=1S/C15H15BrN2O4/c1-20-11-7-9(8-12(21-2)13(11)22-3)15(19)18-14-10(16)5-4-6-17-14/h4-8H,1-3H3,(H,17,18,19). The predicted molar refractivity (Wildman–Crippen MR) is 86.0 cm³/mol. The number of halogens is 1. The van der Waals surface area contributed by atoms with Crippen LogP contribution in [0.15, 0.2) is 34.9 Å². The number of aromatic nitrogens is 1. The predicted octanol–water partition coefficient (Wildman–Crippen LogP) is 3.12. The molecule has 6 nitrogen and oxygen atoms in total. The smallest absolute Gasteiger partial charge is 0.257 e. The van der Waals surface area contributed by atoms with Crippen LogP contribution in [0.4, 0.5) is 5.82 Å². The molecule has 1 N–H and O–H groups in total. The minimum absolute atomic E-state index is 0.335. The molecule has 2 aromatic rings. The van der Waals surface area contributed by atoms with Gasteiger partial charge in [0.1, 0.15) is 5.82 Å². The number of nitrogens with one attached hydrogen (secondary N) is 1. The van der Waals surface area contributed by atoms with Crippen molar-refractivity contribution in [1.82, 2.24) is 4.98 Å². The summed E-state index contributed by atoms with van der Waals surface area (Å²) in [6.07, 6.45) is 1.59. The van der Waals surface area contributed by atoms with Crippen molar-refractivity contribution in [2.24, 2.45) is 0 Å². The van der Waals surface area contributed by atoms with E-state index in [2.05, 4.69) is 26.2 Å². The highest BCUT2D eigenvalue weighted by Crippen LogP contribution is 2.38. The fraction of sp³-hybridized carbons (Fsp3) is 0.200. The number of carbonyl (C=O) groups excluding carboxylic acids is 1. The lowest BCUT2D eigenvalue weighted by atomic mass is 10.1. The topological polar surface area (TPSA) is 69.7 Å². The van der Waals surface area contributed by atoms with E-state index in [-0.39, 0.29) is 5.91 Å². The van der Waals surface area contributed by atoms with E-state index in [1.54, 1.807) is 30.5 Å². The molecule has 1 aromatic carbocycles. The van der Waals surface area contributed by atoms with Crippen molar-refractivity contribution >= 4 is 27.7 Å². The van der Waals surface area contributed by atoms with Gasteiger partial charge in [-0.2, -0.15) is 0 Å². The van der Waals surface area contributed by atoms with Crippen molar-refractivity contribution in [3.63, 3.8) is 0 Å². The van der Waals surface area contributed by atoms with Gasteiger partial charge < -0.3 is 19.5 Å². The Balaban J connectivity index is 2.36. The Hall–Kier alpha value is -2.28. The van der Waals surface area contributed by atoms with Gasteiger partial charge in [-0.05, 0) is 40.2 Å². The zero-order valence-electron chi connectivity index (χ0n) is 12.3. The number of benzene rings is 1. The van der Waals surface area contributed by atoms with Gasteiger partial charge >= 0.3 is 0 Å². The highest BCUT2D eigenvalue weighted by Gasteiger charge is 2.17. The Morgan fingerprint density at radius 3 is 2.27 bits per heavy atom. The SMILES string of the molecule is COc1cc(C(=O)Nc2ncccc2Br)cc(OC)c1OC. The lowest BCUT2D eigenvalue weighted by Crippen LogP contribution is -2.14. The highest BCUT2D eigenvalue weighted by atomic mass is 79.9. The monoisotopic (exact) mass is 366 g/mol. The minimum Gasteiger partial charge on any atom is -0.493 e. The Kier molecular flexibility index (Phi) is 5.21. The van der Waals surface area contributed by atoms with Crippen LogP contribution in [0.3, 0.4) is 0 Å². The van der Waals surface area contributed by atoms with Crippen molar-refractivity contribution in [1.29, 1.82) is 0 Å². The third-order valence-electron chi connectivity index (χ3n) is 2.92. The molecule has 0 aliphatic rings. The molecule has 0 fully saturated rings. The van der Waals surface area contributed by atoms with Gasteiger partial charge in [0, 0.05) is 11.8 Å². The summed E-state index contributed by atoms with van der Waals surface area (Å²) in [6.45, 7) is 0. The number of carbonyl (C=O) groups is 1. The van der Waals surface area contributed by atoms with Crippen molar-refractivity contribution in [3.05, 3.63) is 40.5 Å². The normalized spacial score (nSPS) is 10.0. The van der Waals surface area contributed by atoms with E-state index in [9.17, 15) is 4.79 Å². The van der Waals surface area contributed by atoms with Gasteiger partial charge in [-0.15, -0.1) is 0 Å². The third-order valence-corrected chi connectivity index (χ3v) is 3.56. The zero-order chi connectivity index (χ0) is 16.1. The third kappa shape index (κ3) is 3.30. The number of rotatable bonds is 5. The van der Waals surface area contributed by atoms with Gasteiger partial charge in [0.2, 0.25) is 5.75 Å². The largest absolute Gasteiger partial charge is 0.493 e. The van der Waals surface area contributed by atoms with Crippen LogP contribution in [0, 0.1) is 0 Å². The summed E-state index contributed by atoms with van der Waals surface area (Å²) in [5, 5.41) is 2.72. The molecule has 0 saturated heterocycles. The highest BCUT2D eigenvalue weighted by molar-refractivity contribution is 9.10. The molecule has 0 aliphatic heterocycles. The second-order valence-electron chi connectivity index (χ2n) is 4.20. The van der Waals surface area contributed by atoms with Crippen LogP contribution in [0.2, 0.25) is 0 Å². The van der Waals surface area contributed by atoms with Crippen LogP contribution >= 0.6 is 15.9 Å². The minimum atomic E-state index is -0.335. The molecular formula is C15H15BrN2O4. The van der Waals surface area contributed by atoms with Crippen molar-refractivity contribution in [2.75, 3.05) is 26.6 Å². The molecular weight excluding hydrogens is 352 g/mol. The van der Waals surface area contributed by atoms with Crippen molar-refractivity contribution < 1.29 is 19.0 Å². The van der Waals surface area contributed by atoms with Gasteiger partial charge in [-0.1, -0.05) is 0 Å². The fourth-order valence-corrected chi connectivity index (χ4v) is 2.22. The van der Waals surface area contributed by atoms with Crippen LogP contribution < -0.4 is 19.5 Å². The molecule has 0 aliphatic carbocycles. The maximum atomic E-state index is 12.4. The molecule has 7 heteroatoms. The number of nitrogens with zero attached hydrogens (tertiary/aromatic N) is 1. The first kappa shape index (κ1) is 16.1. The van der Waals surface area contributed by atoms with Crippen LogP contribution in [-0.2, 0) is 0 Å². The van der Waals surface area contributed by atoms with E-state index in [0.29, 0.717) is 33.1 Å². The second-order valence-corrected chi connectivity index (χ2v) is 5.06. The molecule has 0 atom stereocenters. The number of anilines is 1. The molecule has 0 saturated carbocycles. The van der Waals surface area contributed by atoms with Gasteiger partial charge in [0.05, 0.1) is 25.8 Å². The Bertz CT molecular complexity index is 666. The first-order chi connectivity index (χ1) is 10.6. The maximum absolute atomic E-state index is 12.4. The van der Waals surface area contributed by atoms with Gasteiger partial charge in [0.15, 0.2) is 11.5 Å². The van der Waals surface area contributed by atoms with E-state index >= 15 is 0 Å². The van der Waals surface area contributed by atoms with Gasteiger partial charge in [-0.3, -0.25) is 4.79 Å². The molecule has 2 rings (SSSR count). The Morgan fingerprint density at radius 2 is 1.77 bits per heavy atom. The number of methoxy groups -OCH3 is 3. The maximum Gasteiger partial charge on any atom is 0.257 e. The van der Waals surface area contributed by atoms with Gasteiger partial charge in [-0.25, -0.2) is 4.98 Å². The molecule has 116 valence electrons. The van der Waals surface area contributed by atoms with E-state index in [0.717, 1.165) is 0 Å². The molecule has 1 heterocycles. The quantitative estimate of drug-likeness (QED) is 0.880. The van der Waals surface area contributed by atoms with E-state index in [1.165, 1.54) is 21.3 Å². The average Bonchev–Trinajstić information content (AvgIpc) is 2.55. The zero-order valence-corrected chi connectivity index (χ0v) is 13.9. The number of amides is 1. The molecule has 22 heavy (non-hydrogen) atoms. The lowest BCUT2D eigenvalue weighted by molar-refractivity contribution is 0.102. The summed E-state index contributed by atoms with van der Waals surface area (Å²) in [5.41, 5.74) is 0.368. The summed E-state index contributed by atoms with van der Waals surface area (Å²) in [6, 6.07) is 6.71. The molecule has 0 spiro atoms. The summed E-state index contributed by atoms with van der Waals surface area (Å²) in [4.78, 5) is 16.5. The van der Waals surface area contributed by atoms with E-state index in [1.807, 2.05) is 0 Å². The van der Waals surface area contributed by atoms with Crippen LogP contribution in [-0.4, -0.2) is 32.2 Å². The lowest BCUT2D eigenvalue weighted by Gasteiger charge is -2.14. The molecule has 0 radical (unpaired) electrons. The molecule has 0 bridgehead atoms. The van der Waals surface area contributed by atoms with Crippen molar-refractivity contribution in [3.8, 4) is 17.2 Å². The first-order valence-corrected chi connectivity index (χ1v) is 7.12. The van der Waals surface area contributed by atoms with Gasteiger partial charge in [0.25, 0.3) is 5.91 Å². The Morgan fingerprint density at radius 1 is 1.14 bits per heavy atom. The summed E-state index contributed by atoms with van der Waals surface area (Å²) >= 11 is 3.33. The summed E-state index contributed by atoms with van der Waals surface area (Å²) < 4.78 is 16.4. The van der Waals surface area contributed by atoms with E-state index in [4.69, 9.17) is 14.2 Å². The molecule has 1 aromatic heterocycles. The van der Waals surface area contributed by atoms with Crippen molar-refractivity contribution in [2.45, 2.75) is 0 Å². The number of pyridine rings is 1. The number of ether oxygens (including phenoxy) is 3. The fourth-order valence-electron chi connectivity index (χ4n) is 1.87. The van der Waals surface area contributed by atoms with Crippen LogP contribution in [0.5, 0.6) is 17.2 Å². The average molecular weight is 367 g/mol. The molecule has 1 amide bonds. The second kappa shape index (κ2) is 7.13. The van der Waals surface area contributed by atoms with Crippen LogP contribution in [0.25, 0.3) is 0 Å². The Labute approximate surface area is 136 Å². The number of hydrogen-bond acceptors (Lipinski definition) is 5.